The number of benzene rings is 2. The van der Waals surface area contributed by atoms with Gasteiger partial charge in [-0.05, 0) is 113 Å². The van der Waals surface area contributed by atoms with Gasteiger partial charge >= 0.3 is 46.7 Å². The minimum atomic E-state index is -1.24. The Hall–Kier alpha value is -9.22. The molecule has 0 fully saturated rings. The molecule has 7 N–H and O–H groups in total. The molecule has 0 spiro atoms. The summed E-state index contributed by atoms with van der Waals surface area (Å²) in [6.45, 7) is 8.73. The zero-order valence-electron chi connectivity index (χ0n) is 42.2. The van der Waals surface area contributed by atoms with Crippen LogP contribution >= 0.6 is 12.4 Å². The zero-order chi connectivity index (χ0) is 55.7. The summed E-state index contributed by atoms with van der Waals surface area (Å²) in [5.74, 6) is -4.00. The highest BCUT2D eigenvalue weighted by Gasteiger charge is 2.15. The van der Waals surface area contributed by atoms with Crippen LogP contribution in [0.3, 0.4) is 0 Å². The van der Waals surface area contributed by atoms with Crippen LogP contribution in [0.5, 0.6) is 11.5 Å². The molecule has 0 bridgehead atoms. The molecule has 2 aromatic carbocycles. The Labute approximate surface area is 447 Å². The standard InChI is InChI=1S/C17H16N2O4.C11H14N2O.2C6H4O4.C6H10O4.C6H10O2.CH4.ClH/c1-22-12-5-6-14-13(9-12)11(10-19-14)7-8-18-17(21)15-3-2-4-16(20)23-15;1-14-9-2-3-11-10(6-9)8(4-5-12)7-13-11;2*7-5-3-1-2-4(10-5)6(8)9;1-3-9-5(7)6(8)10-4-2;1-3-5-6(7)8-4-2;;/h2-6,9-10,19H,7-8H2,1H3,(H,18,21);2-3,6-7,13H,4-5,12H2,1H3;2*1-3H,(H,8,9);3-4H2,1-2H3;3,5H,4H2,1-2H3;1H4;1H/b;;;;;5-3+;;. The molecule has 0 aliphatic rings. The highest BCUT2D eigenvalue weighted by atomic mass is 35.5. The van der Waals surface area contributed by atoms with Crippen molar-refractivity contribution in [1.29, 1.82) is 0 Å². The number of ether oxygens (including phenoxy) is 5. The Morgan fingerprint density at radius 3 is 1.36 bits per heavy atom. The van der Waals surface area contributed by atoms with Crippen LogP contribution in [-0.2, 0) is 41.4 Å². The summed E-state index contributed by atoms with van der Waals surface area (Å²) >= 11 is 0. The van der Waals surface area contributed by atoms with Crippen molar-refractivity contribution in [2.45, 2.75) is 48.0 Å². The van der Waals surface area contributed by atoms with E-state index in [0.717, 1.165) is 52.0 Å². The second-order valence-corrected chi connectivity index (χ2v) is 14.2. The van der Waals surface area contributed by atoms with Gasteiger partial charge in [0.25, 0.3) is 5.91 Å². The van der Waals surface area contributed by atoms with Crippen LogP contribution in [-0.4, -0.2) is 103 Å². The van der Waals surface area contributed by atoms with Crippen molar-refractivity contribution in [3.63, 3.8) is 0 Å². The SMILES string of the molecule is C.C/C=C/C(=O)OCC.CCOC(=O)C(=O)OCC.COc1ccc2[nH]cc(CCN)c2c1.COc1ccc2[nH]cc(CCNC(=O)c3cccc(=O)o3)c2c1.Cl.O=C(O)c1cccc(=O)o1.O=C(O)c1cccc(=O)o1. The summed E-state index contributed by atoms with van der Waals surface area (Å²) in [6, 6.07) is 23.4. The predicted molar refractivity (Wildman–Crippen MR) is 286 cm³/mol. The van der Waals surface area contributed by atoms with E-state index in [9.17, 15) is 43.2 Å². The van der Waals surface area contributed by atoms with Gasteiger partial charge in [-0.1, -0.05) is 31.7 Å². The molecular formula is C53H63ClN4O19. The molecule has 416 valence electrons. The number of carboxylic acids is 2. The van der Waals surface area contributed by atoms with Crippen molar-refractivity contribution in [3.8, 4) is 11.5 Å². The van der Waals surface area contributed by atoms with Crippen LogP contribution in [0.25, 0.3) is 21.8 Å². The zero-order valence-corrected chi connectivity index (χ0v) is 43.1. The number of fused-ring (bicyclic) bond motifs is 2. The number of aromatic carboxylic acids is 2. The normalized spacial score (nSPS) is 9.65. The molecule has 0 saturated carbocycles. The average Bonchev–Trinajstić information content (AvgIpc) is 4.00. The fourth-order valence-electron chi connectivity index (χ4n) is 5.77. The molecule has 7 rings (SSSR count). The molecule has 77 heavy (non-hydrogen) atoms. The van der Waals surface area contributed by atoms with Crippen LogP contribution in [0.15, 0.2) is 143 Å². The van der Waals surface area contributed by atoms with E-state index in [1.54, 1.807) is 48.0 Å². The molecule has 0 atom stereocenters. The molecule has 0 aliphatic heterocycles. The highest BCUT2D eigenvalue weighted by Crippen LogP contribution is 2.25. The topological polar surface area (TPSA) is 349 Å². The third-order valence-electron chi connectivity index (χ3n) is 9.07. The molecular weight excluding hydrogens is 1030 g/mol. The number of H-pyrrole nitrogens is 2. The van der Waals surface area contributed by atoms with Crippen molar-refractivity contribution in [2.75, 3.05) is 47.1 Å². The number of hydrogen-bond donors (Lipinski definition) is 6. The maximum Gasteiger partial charge on any atom is 0.417 e. The number of methoxy groups -OCH3 is 2. The lowest BCUT2D eigenvalue weighted by Crippen LogP contribution is -2.26. The molecule has 23 nitrogen and oxygen atoms in total. The first kappa shape index (κ1) is 67.8. The van der Waals surface area contributed by atoms with E-state index in [0.29, 0.717) is 26.1 Å². The van der Waals surface area contributed by atoms with E-state index in [1.165, 1.54) is 59.5 Å². The molecule has 7 aromatic rings. The van der Waals surface area contributed by atoms with Crippen LogP contribution in [0.1, 0.15) is 77.9 Å². The van der Waals surface area contributed by atoms with E-state index in [2.05, 4.69) is 38.3 Å². The molecule has 0 unspecified atom stereocenters. The summed E-state index contributed by atoms with van der Waals surface area (Å²) in [4.78, 5) is 102. The predicted octanol–water partition coefficient (Wildman–Crippen LogP) is 6.75. The van der Waals surface area contributed by atoms with Crippen molar-refractivity contribution in [3.05, 3.63) is 175 Å². The second kappa shape index (κ2) is 37.5. The number of rotatable bonds is 14. The average molecular weight is 1100 g/mol. The molecule has 1 amide bonds. The second-order valence-electron chi connectivity index (χ2n) is 14.2. The lowest BCUT2D eigenvalue weighted by atomic mass is 10.1. The third kappa shape index (κ3) is 25.0. The van der Waals surface area contributed by atoms with E-state index < -0.39 is 46.7 Å². The van der Waals surface area contributed by atoms with Gasteiger partial charge in [-0.25, -0.2) is 38.4 Å². The Morgan fingerprint density at radius 2 is 1.01 bits per heavy atom. The van der Waals surface area contributed by atoms with Gasteiger partial charge in [-0.15, -0.1) is 12.4 Å². The number of hydrogen-bond acceptors (Lipinski definition) is 18. The number of carbonyl (C=O) groups is 6. The molecule has 24 heteroatoms. The van der Waals surface area contributed by atoms with Gasteiger partial charge in [0.2, 0.25) is 11.5 Å². The van der Waals surface area contributed by atoms with Gasteiger partial charge < -0.3 is 68.2 Å². The Bertz CT molecular complexity index is 3070. The first-order chi connectivity index (χ1) is 35.9. The fourth-order valence-corrected chi connectivity index (χ4v) is 5.77. The van der Waals surface area contributed by atoms with Crippen LogP contribution in [0, 0.1) is 0 Å². The summed E-state index contributed by atoms with van der Waals surface area (Å²) in [6.07, 6.45) is 8.51. The maximum atomic E-state index is 11.9. The van der Waals surface area contributed by atoms with E-state index in [4.69, 9.17) is 29.8 Å². The highest BCUT2D eigenvalue weighted by molar-refractivity contribution is 6.29. The smallest absolute Gasteiger partial charge is 0.417 e. The van der Waals surface area contributed by atoms with Gasteiger partial charge in [-0.3, -0.25) is 4.79 Å². The number of carboxylic acid groups (broad SMARTS) is 2. The van der Waals surface area contributed by atoms with Crippen molar-refractivity contribution >= 4 is 70.0 Å². The Morgan fingerprint density at radius 1 is 0.610 bits per heavy atom. The Balaban J connectivity index is 0.000000939. The van der Waals surface area contributed by atoms with Crippen LogP contribution in [0.4, 0.5) is 0 Å². The summed E-state index contributed by atoms with van der Waals surface area (Å²) in [7, 11) is 3.30. The third-order valence-corrected chi connectivity index (χ3v) is 9.07. The van der Waals surface area contributed by atoms with Crippen LogP contribution < -0.4 is 37.4 Å². The molecule has 0 aliphatic carbocycles. The van der Waals surface area contributed by atoms with E-state index in [-0.39, 0.29) is 56.3 Å². The van der Waals surface area contributed by atoms with Crippen LogP contribution in [0.2, 0.25) is 0 Å². The van der Waals surface area contributed by atoms with E-state index in [1.807, 2.05) is 48.8 Å². The molecule has 0 saturated heterocycles. The van der Waals surface area contributed by atoms with Gasteiger partial charge in [0.1, 0.15) is 11.5 Å². The Kier molecular flexibility index (Phi) is 33.0. The number of halogens is 1. The van der Waals surface area contributed by atoms with Crippen molar-refractivity contribution < 1.29 is 75.9 Å². The monoisotopic (exact) mass is 1090 g/mol. The largest absolute Gasteiger partial charge is 0.497 e. The number of allylic oxidation sites excluding steroid dienone is 1. The number of carbonyl (C=O) groups excluding carboxylic acids is 4. The first-order valence-corrected chi connectivity index (χ1v) is 22.6. The number of amides is 1. The summed E-state index contributed by atoms with van der Waals surface area (Å²) in [5.41, 5.74) is 8.17. The quantitative estimate of drug-likeness (QED) is 0.0284. The number of esters is 3. The molecule has 5 aromatic heterocycles. The van der Waals surface area contributed by atoms with Crippen molar-refractivity contribution in [1.82, 2.24) is 15.3 Å². The van der Waals surface area contributed by atoms with E-state index >= 15 is 0 Å². The first-order valence-electron chi connectivity index (χ1n) is 22.6. The molecule has 0 radical (unpaired) electrons. The fraction of sp³-hybridized carbons (Fsp3) is 0.264. The van der Waals surface area contributed by atoms with Gasteiger partial charge in [0.05, 0.1) is 34.0 Å². The number of nitrogens with one attached hydrogen (secondary N) is 3. The number of nitrogens with two attached hydrogens (primary N) is 1. The summed E-state index contributed by atoms with van der Waals surface area (Å²) in [5, 5.41) is 21.6. The number of aromatic nitrogens is 2. The van der Waals surface area contributed by atoms with Gasteiger partial charge in [-0.2, -0.15) is 0 Å². The lowest BCUT2D eigenvalue weighted by Gasteiger charge is -2.04. The minimum Gasteiger partial charge on any atom is -0.497 e. The number of aromatic amines is 2. The van der Waals surface area contributed by atoms with Gasteiger partial charge in [0.15, 0.2) is 5.76 Å². The van der Waals surface area contributed by atoms with Gasteiger partial charge in [0, 0.05) is 65.0 Å². The van der Waals surface area contributed by atoms with Crippen molar-refractivity contribution in [2.24, 2.45) is 5.73 Å². The lowest BCUT2D eigenvalue weighted by molar-refractivity contribution is -0.167. The maximum absolute atomic E-state index is 11.9. The molecule has 5 heterocycles. The summed E-state index contributed by atoms with van der Waals surface area (Å²) < 4.78 is 37.1. The minimum absolute atomic E-state index is 0.